The Morgan fingerprint density at radius 2 is 2.00 bits per heavy atom. The highest BCUT2D eigenvalue weighted by Crippen LogP contribution is 2.24. The lowest BCUT2D eigenvalue weighted by Gasteiger charge is -2.15. The average molecular weight is 287 g/mol. The Hall–Kier alpha value is -2.28. The van der Waals surface area contributed by atoms with Crippen molar-refractivity contribution in [1.29, 1.82) is 0 Å². The number of hydrogen-bond acceptors (Lipinski definition) is 7. The molecular formula is C14H17N5O2. The molecule has 0 spiro atoms. The molecule has 1 fully saturated rings. The van der Waals surface area contributed by atoms with Crippen LogP contribution in [0.4, 0.5) is 5.95 Å². The normalized spacial score (nSPS) is 21.5. The van der Waals surface area contributed by atoms with Crippen molar-refractivity contribution >= 4 is 5.95 Å². The molecular weight excluding hydrogens is 270 g/mol. The third-order valence-electron chi connectivity index (χ3n) is 3.63. The number of β-amino-alcohol motifs (C(OH)–C–C–N with tert-alkyl or cyclic N) is 1. The van der Waals surface area contributed by atoms with E-state index in [1.54, 1.807) is 38.1 Å². The molecule has 0 aromatic carbocycles. The van der Waals surface area contributed by atoms with Gasteiger partial charge in [-0.15, -0.1) is 0 Å². The first-order valence-corrected chi connectivity index (χ1v) is 6.80. The van der Waals surface area contributed by atoms with E-state index in [0.717, 1.165) is 5.69 Å². The van der Waals surface area contributed by atoms with E-state index in [4.69, 9.17) is 4.74 Å². The standard InChI is InChI=1S/C14H17N5O2/c1-21-12-6-17-14(18-7-12)19-8-10(13(20)9-19)4-11-5-15-2-3-16-11/h2-3,5-7,10,13,20H,4,8-9H2,1H3/t10-,13-/m1/s1. The topological polar surface area (TPSA) is 84.3 Å². The second-order valence-electron chi connectivity index (χ2n) is 5.06. The Kier molecular flexibility index (Phi) is 3.92. The fourth-order valence-corrected chi connectivity index (χ4v) is 2.50. The lowest BCUT2D eigenvalue weighted by molar-refractivity contribution is 0.147. The number of aliphatic hydroxyl groups is 1. The van der Waals surface area contributed by atoms with E-state index in [0.29, 0.717) is 31.2 Å². The summed E-state index contributed by atoms with van der Waals surface area (Å²) in [5.41, 5.74) is 0.888. The van der Waals surface area contributed by atoms with Gasteiger partial charge in [0.05, 0.1) is 31.3 Å². The van der Waals surface area contributed by atoms with Gasteiger partial charge in [-0.05, 0) is 6.42 Å². The first-order valence-electron chi connectivity index (χ1n) is 6.80. The van der Waals surface area contributed by atoms with Gasteiger partial charge in [0.25, 0.3) is 0 Å². The van der Waals surface area contributed by atoms with Crippen molar-refractivity contribution in [2.45, 2.75) is 12.5 Å². The van der Waals surface area contributed by atoms with Gasteiger partial charge >= 0.3 is 0 Å². The van der Waals surface area contributed by atoms with E-state index in [1.165, 1.54) is 0 Å². The van der Waals surface area contributed by atoms with Crippen LogP contribution in [0.1, 0.15) is 5.69 Å². The molecule has 2 aromatic rings. The minimum Gasteiger partial charge on any atom is -0.494 e. The van der Waals surface area contributed by atoms with Gasteiger partial charge in [-0.1, -0.05) is 0 Å². The Morgan fingerprint density at radius 3 is 2.67 bits per heavy atom. The number of anilines is 1. The van der Waals surface area contributed by atoms with Crippen LogP contribution < -0.4 is 9.64 Å². The predicted octanol–water partition coefficient (Wildman–Crippen LogP) is 0.315. The molecule has 21 heavy (non-hydrogen) atoms. The van der Waals surface area contributed by atoms with Crippen LogP contribution in [0.2, 0.25) is 0 Å². The van der Waals surface area contributed by atoms with Gasteiger partial charge in [0.2, 0.25) is 5.95 Å². The van der Waals surface area contributed by atoms with Gasteiger partial charge in [0.1, 0.15) is 0 Å². The first kappa shape index (κ1) is 13.7. The highest BCUT2D eigenvalue weighted by atomic mass is 16.5. The Balaban J connectivity index is 1.67. The van der Waals surface area contributed by atoms with Gasteiger partial charge in [-0.3, -0.25) is 9.97 Å². The number of rotatable bonds is 4. The van der Waals surface area contributed by atoms with Gasteiger partial charge < -0.3 is 14.7 Å². The van der Waals surface area contributed by atoms with E-state index >= 15 is 0 Å². The quantitative estimate of drug-likeness (QED) is 0.866. The maximum Gasteiger partial charge on any atom is 0.225 e. The molecule has 1 aliphatic heterocycles. The zero-order valence-corrected chi connectivity index (χ0v) is 11.8. The zero-order chi connectivity index (χ0) is 14.7. The van der Waals surface area contributed by atoms with Crippen LogP contribution in [0.15, 0.2) is 31.0 Å². The summed E-state index contributed by atoms with van der Waals surface area (Å²) in [7, 11) is 1.58. The zero-order valence-electron chi connectivity index (χ0n) is 11.8. The SMILES string of the molecule is COc1cnc(N2C[C@@H](Cc3cnccn3)[C@H](O)C2)nc1. The molecule has 0 amide bonds. The fourth-order valence-electron chi connectivity index (χ4n) is 2.50. The molecule has 1 N–H and O–H groups in total. The molecule has 1 aliphatic rings. The average Bonchev–Trinajstić information content (AvgIpc) is 2.89. The molecule has 0 saturated carbocycles. The Bertz CT molecular complexity index is 578. The van der Waals surface area contributed by atoms with E-state index in [1.807, 2.05) is 4.90 Å². The monoisotopic (exact) mass is 287 g/mol. The predicted molar refractivity (Wildman–Crippen MR) is 76.0 cm³/mol. The van der Waals surface area contributed by atoms with Crippen molar-refractivity contribution in [2.24, 2.45) is 5.92 Å². The first-order chi connectivity index (χ1) is 10.3. The van der Waals surface area contributed by atoms with E-state index < -0.39 is 6.10 Å². The third-order valence-corrected chi connectivity index (χ3v) is 3.63. The van der Waals surface area contributed by atoms with Crippen molar-refractivity contribution in [1.82, 2.24) is 19.9 Å². The van der Waals surface area contributed by atoms with Crippen molar-refractivity contribution < 1.29 is 9.84 Å². The molecule has 3 heterocycles. The van der Waals surface area contributed by atoms with Crippen molar-refractivity contribution in [3.8, 4) is 5.75 Å². The highest BCUT2D eigenvalue weighted by molar-refractivity contribution is 5.34. The van der Waals surface area contributed by atoms with Crippen molar-refractivity contribution in [2.75, 3.05) is 25.1 Å². The lowest BCUT2D eigenvalue weighted by atomic mass is 10.0. The van der Waals surface area contributed by atoms with Gasteiger partial charge in [0, 0.05) is 37.6 Å². The smallest absolute Gasteiger partial charge is 0.225 e. The third kappa shape index (κ3) is 3.08. The van der Waals surface area contributed by atoms with Crippen LogP contribution in [0.25, 0.3) is 0 Å². The van der Waals surface area contributed by atoms with Crippen molar-refractivity contribution in [3.05, 3.63) is 36.7 Å². The molecule has 1 saturated heterocycles. The summed E-state index contributed by atoms with van der Waals surface area (Å²) in [5.74, 6) is 1.33. The summed E-state index contributed by atoms with van der Waals surface area (Å²) >= 11 is 0. The van der Waals surface area contributed by atoms with Gasteiger partial charge in [0.15, 0.2) is 5.75 Å². The van der Waals surface area contributed by atoms with Crippen LogP contribution in [0.5, 0.6) is 5.75 Å². The molecule has 3 rings (SSSR count). The van der Waals surface area contributed by atoms with Gasteiger partial charge in [-0.2, -0.15) is 0 Å². The molecule has 7 nitrogen and oxygen atoms in total. The number of aromatic nitrogens is 4. The lowest BCUT2D eigenvalue weighted by Crippen LogP contribution is -2.23. The summed E-state index contributed by atoms with van der Waals surface area (Å²) in [6.45, 7) is 1.22. The summed E-state index contributed by atoms with van der Waals surface area (Å²) in [6.07, 6.45) is 8.58. The summed E-state index contributed by atoms with van der Waals surface area (Å²) in [4.78, 5) is 18.8. The van der Waals surface area contributed by atoms with Crippen molar-refractivity contribution in [3.63, 3.8) is 0 Å². The second kappa shape index (κ2) is 6.01. The minimum absolute atomic E-state index is 0.104. The van der Waals surface area contributed by atoms with Gasteiger partial charge in [-0.25, -0.2) is 9.97 Å². The summed E-state index contributed by atoms with van der Waals surface area (Å²) < 4.78 is 5.04. The molecule has 110 valence electrons. The number of nitrogens with zero attached hydrogens (tertiary/aromatic N) is 5. The van der Waals surface area contributed by atoms with E-state index in [2.05, 4.69) is 19.9 Å². The number of hydrogen-bond donors (Lipinski definition) is 1. The number of ether oxygens (including phenoxy) is 1. The maximum atomic E-state index is 10.2. The Labute approximate surface area is 122 Å². The molecule has 0 aliphatic carbocycles. The second-order valence-corrected chi connectivity index (χ2v) is 5.06. The van der Waals surface area contributed by atoms with Crippen LogP contribution in [0.3, 0.4) is 0 Å². The molecule has 0 bridgehead atoms. The van der Waals surface area contributed by atoms with E-state index in [9.17, 15) is 5.11 Å². The number of aliphatic hydroxyl groups excluding tert-OH is 1. The summed E-state index contributed by atoms with van der Waals surface area (Å²) in [5, 5.41) is 10.2. The molecule has 2 aromatic heterocycles. The fraction of sp³-hybridized carbons (Fsp3) is 0.429. The van der Waals surface area contributed by atoms with Crippen LogP contribution >= 0.6 is 0 Å². The summed E-state index contributed by atoms with van der Waals surface area (Å²) in [6, 6.07) is 0. The minimum atomic E-state index is -0.419. The molecule has 7 heteroatoms. The van der Waals surface area contributed by atoms with Crippen LogP contribution in [-0.2, 0) is 6.42 Å². The van der Waals surface area contributed by atoms with Crippen LogP contribution in [0, 0.1) is 5.92 Å². The van der Waals surface area contributed by atoms with E-state index in [-0.39, 0.29) is 5.92 Å². The Morgan fingerprint density at radius 1 is 1.19 bits per heavy atom. The molecule has 0 radical (unpaired) electrons. The number of methoxy groups -OCH3 is 1. The van der Waals surface area contributed by atoms with Crippen LogP contribution in [-0.4, -0.2) is 51.3 Å². The molecule has 0 unspecified atom stereocenters. The highest BCUT2D eigenvalue weighted by Gasteiger charge is 2.33. The maximum absolute atomic E-state index is 10.2. The molecule has 2 atom stereocenters. The largest absolute Gasteiger partial charge is 0.494 e.